The molecule has 1 aliphatic rings. The molecule has 0 saturated carbocycles. The third-order valence-electron chi connectivity index (χ3n) is 4.46. The molecule has 1 aromatic carbocycles. The molecule has 144 valence electrons. The molecule has 1 fully saturated rings. The van der Waals surface area contributed by atoms with Crippen LogP contribution in [0.5, 0.6) is 5.75 Å². The number of aryl methyl sites for hydroxylation is 1. The van der Waals surface area contributed by atoms with Crippen LogP contribution in [0.2, 0.25) is 0 Å². The van der Waals surface area contributed by atoms with Crippen molar-refractivity contribution in [2.75, 3.05) is 13.7 Å². The molecule has 0 radical (unpaired) electrons. The van der Waals surface area contributed by atoms with Crippen LogP contribution in [-0.2, 0) is 4.74 Å². The largest absolute Gasteiger partial charge is 0.496 e. The number of nitrogens with two attached hydrogens (primary N) is 2. The molecule has 2 atom stereocenters. The van der Waals surface area contributed by atoms with Crippen molar-refractivity contribution < 1.29 is 14.3 Å². The molecule has 0 aliphatic carbocycles. The van der Waals surface area contributed by atoms with E-state index in [9.17, 15) is 4.79 Å². The molecule has 2 unspecified atom stereocenters. The number of methoxy groups -OCH3 is 1. The van der Waals surface area contributed by atoms with Crippen molar-refractivity contribution in [3.05, 3.63) is 35.5 Å². The second-order valence-electron chi connectivity index (χ2n) is 7.63. The number of rotatable bonds is 4. The summed E-state index contributed by atoms with van der Waals surface area (Å²) in [6.07, 6.45) is 1.36. The van der Waals surface area contributed by atoms with Crippen LogP contribution in [0.25, 0.3) is 5.70 Å². The fourth-order valence-electron chi connectivity index (χ4n) is 2.97. The number of benzene rings is 1. The molecule has 2 rings (SSSR count). The Labute approximate surface area is 155 Å². The summed E-state index contributed by atoms with van der Waals surface area (Å²) in [5, 5.41) is 1.56. The lowest BCUT2D eigenvalue weighted by molar-refractivity contribution is -0.0339. The van der Waals surface area contributed by atoms with Crippen LogP contribution in [0.4, 0.5) is 4.79 Å². The third kappa shape index (κ3) is 4.22. The predicted molar refractivity (Wildman–Crippen MR) is 102 cm³/mol. The Kier molecular flexibility index (Phi) is 5.71. The summed E-state index contributed by atoms with van der Waals surface area (Å²) in [4.78, 5) is 13.8. The molecule has 0 bridgehead atoms. The first-order chi connectivity index (χ1) is 12.0. The van der Waals surface area contributed by atoms with Gasteiger partial charge in [-0.1, -0.05) is 12.1 Å². The molecule has 7 nitrogen and oxygen atoms in total. The van der Waals surface area contributed by atoms with E-state index in [1.807, 2.05) is 52.8 Å². The van der Waals surface area contributed by atoms with E-state index in [-0.39, 0.29) is 18.2 Å². The van der Waals surface area contributed by atoms with Crippen LogP contribution in [0.15, 0.2) is 24.4 Å². The van der Waals surface area contributed by atoms with Crippen molar-refractivity contribution in [2.24, 2.45) is 11.6 Å². The summed E-state index contributed by atoms with van der Waals surface area (Å²) in [5.41, 5.74) is 8.02. The first-order valence-electron chi connectivity index (χ1n) is 8.69. The molecule has 7 heteroatoms. The monoisotopic (exact) mass is 362 g/mol. The standard InChI is InChI=1S/C19H30N4O3/c1-12-8-7-9-14(17(12)25-6)15(20)10-23(21)16-11-22(13(16)2)18(24)26-19(3,4)5/h7-10,13,16H,11,20-21H2,1-6H3/b15-10-. The lowest BCUT2D eigenvalue weighted by Crippen LogP contribution is -2.67. The van der Waals surface area contributed by atoms with Gasteiger partial charge < -0.3 is 25.1 Å². The van der Waals surface area contributed by atoms with Gasteiger partial charge in [-0.05, 0) is 46.2 Å². The van der Waals surface area contributed by atoms with E-state index in [1.165, 1.54) is 0 Å². The van der Waals surface area contributed by atoms with E-state index in [4.69, 9.17) is 21.1 Å². The second-order valence-corrected chi connectivity index (χ2v) is 7.63. The fraction of sp³-hybridized carbons (Fsp3) is 0.526. The van der Waals surface area contributed by atoms with Gasteiger partial charge in [0.1, 0.15) is 11.4 Å². The highest BCUT2D eigenvalue weighted by molar-refractivity contribution is 5.71. The zero-order valence-electron chi connectivity index (χ0n) is 16.4. The van der Waals surface area contributed by atoms with E-state index < -0.39 is 5.60 Å². The third-order valence-corrected chi connectivity index (χ3v) is 4.46. The van der Waals surface area contributed by atoms with Gasteiger partial charge in [0.25, 0.3) is 0 Å². The zero-order chi connectivity index (χ0) is 19.6. The first kappa shape index (κ1) is 19.9. The Morgan fingerprint density at radius 2 is 2.04 bits per heavy atom. The van der Waals surface area contributed by atoms with Crippen LogP contribution in [0, 0.1) is 6.92 Å². The van der Waals surface area contributed by atoms with E-state index in [0.29, 0.717) is 12.2 Å². The molecule has 1 aliphatic heterocycles. The van der Waals surface area contributed by atoms with E-state index >= 15 is 0 Å². The van der Waals surface area contributed by atoms with Crippen LogP contribution in [0.1, 0.15) is 38.8 Å². The van der Waals surface area contributed by atoms with E-state index in [2.05, 4.69) is 0 Å². The number of para-hydroxylation sites is 1. The maximum absolute atomic E-state index is 12.2. The minimum Gasteiger partial charge on any atom is -0.496 e. The van der Waals surface area contributed by atoms with Crippen molar-refractivity contribution in [1.82, 2.24) is 9.91 Å². The lowest BCUT2D eigenvalue weighted by atomic mass is 9.98. The van der Waals surface area contributed by atoms with Gasteiger partial charge in [0.2, 0.25) is 0 Å². The number of ether oxygens (including phenoxy) is 2. The van der Waals surface area contributed by atoms with Crippen molar-refractivity contribution in [3.63, 3.8) is 0 Å². The average molecular weight is 362 g/mol. The number of likely N-dealkylation sites (tertiary alicyclic amines) is 1. The van der Waals surface area contributed by atoms with Crippen molar-refractivity contribution in [2.45, 2.75) is 52.3 Å². The summed E-state index contributed by atoms with van der Waals surface area (Å²) in [5.74, 6) is 6.91. The second kappa shape index (κ2) is 7.45. The summed E-state index contributed by atoms with van der Waals surface area (Å²) in [7, 11) is 1.62. The highest BCUT2D eigenvalue weighted by atomic mass is 16.6. The highest BCUT2D eigenvalue weighted by Crippen LogP contribution is 2.29. The summed E-state index contributed by atoms with van der Waals surface area (Å²) < 4.78 is 10.9. The number of hydrogen-bond donors (Lipinski definition) is 2. The molecular weight excluding hydrogens is 332 g/mol. The van der Waals surface area contributed by atoms with Gasteiger partial charge in [-0.15, -0.1) is 0 Å². The molecule has 26 heavy (non-hydrogen) atoms. The first-order valence-corrected chi connectivity index (χ1v) is 8.69. The Balaban J connectivity index is 2.07. The molecule has 1 amide bonds. The minimum atomic E-state index is -0.518. The van der Waals surface area contributed by atoms with Gasteiger partial charge in [0.05, 0.1) is 24.9 Å². The molecule has 0 aromatic heterocycles. The number of carbonyl (C=O) groups is 1. The normalized spacial score (nSPS) is 20.4. The number of carbonyl (C=O) groups excluding carboxylic acids is 1. The van der Waals surface area contributed by atoms with Crippen LogP contribution < -0.4 is 16.3 Å². The van der Waals surface area contributed by atoms with Crippen LogP contribution >= 0.6 is 0 Å². The maximum Gasteiger partial charge on any atom is 0.410 e. The van der Waals surface area contributed by atoms with Gasteiger partial charge in [-0.25, -0.2) is 10.6 Å². The number of hydrazine groups is 1. The van der Waals surface area contributed by atoms with Gasteiger partial charge >= 0.3 is 6.09 Å². The van der Waals surface area contributed by atoms with Gasteiger partial charge in [0.15, 0.2) is 0 Å². The molecular formula is C19H30N4O3. The number of hydrogen-bond acceptors (Lipinski definition) is 6. The van der Waals surface area contributed by atoms with Crippen LogP contribution in [-0.4, -0.2) is 47.3 Å². The highest BCUT2D eigenvalue weighted by Gasteiger charge is 2.43. The van der Waals surface area contributed by atoms with Crippen molar-refractivity contribution >= 4 is 11.8 Å². The fourth-order valence-corrected chi connectivity index (χ4v) is 2.97. The Morgan fingerprint density at radius 3 is 2.58 bits per heavy atom. The quantitative estimate of drug-likeness (QED) is 0.631. The SMILES string of the molecule is COc1c(C)cccc1/C(N)=C/N(N)C1CN(C(=O)OC(C)(C)C)C1C. The molecule has 1 aromatic rings. The van der Waals surface area contributed by atoms with Crippen molar-refractivity contribution in [1.29, 1.82) is 0 Å². The van der Waals surface area contributed by atoms with Gasteiger partial charge in [-0.3, -0.25) is 0 Å². The molecule has 0 spiro atoms. The Hall–Kier alpha value is -2.41. The molecule has 1 heterocycles. The Bertz CT molecular complexity index is 697. The number of nitrogens with zero attached hydrogens (tertiary/aromatic N) is 2. The van der Waals surface area contributed by atoms with Crippen LogP contribution in [0.3, 0.4) is 0 Å². The average Bonchev–Trinajstić information content (AvgIpc) is 2.51. The predicted octanol–water partition coefficient (Wildman–Crippen LogP) is 2.44. The smallest absolute Gasteiger partial charge is 0.410 e. The minimum absolute atomic E-state index is 0.0307. The summed E-state index contributed by atoms with van der Waals surface area (Å²) in [6.45, 7) is 9.93. The van der Waals surface area contributed by atoms with E-state index in [0.717, 1.165) is 16.9 Å². The molecule has 1 saturated heterocycles. The Morgan fingerprint density at radius 1 is 1.38 bits per heavy atom. The summed E-state index contributed by atoms with van der Waals surface area (Å²) >= 11 is 0. The topological polar surface area (TPSA) is 94.0 Å². The van der Waals surface area contributed by atoms with Gasteiger partial charge in [0, 0.05) is 18.3 Å². The zero-order valence-corrected chi connectivity index (χ0v) is 16.4. The summed E-state index contributed by atoms with van der Waals surface area (Å²) in [6, 6.07) is 5.67. The lowest BCUT2D eigenvalue weighted by Gasteiger charge is -2.49. The molecule has 4 N–H and O–H groups in total. The van der Waals surface area contributed by atoms with Crippen molar-refractivity contribution in [3.8, 4) is 5.75 Å². The maximum atomic E-state index is 12.2. The number of amides is 1. The van der Waals surface area contributed by atoms with Gasteiger partial charge in [-0.2, -0.15) is 0 Å². The van der Waals surface area contributed by atoms with E-state index in [1.54, 1.807) is 23.2 Å².